The third kappa shape index (κ3) is 3.90. The lowest BCUT2D eigenvalue weighted by Crippen LogP contribution is -2.15. The lowest BCUT2D eigenvalue weighted by Gasteiger charge is -2.05. The van der Waals surface area contributed by atoms with Gasteiger partial charge < -0.3 is 14.6 Å². The van der Waals surface area contributed by atoms with Crippen LogP contribution in [0.4, 0.5) is 9.39 Å². The average molecular weight is 388 g/mol. The summed E-state index contributed by atoms with van der Waals surface area (Å²) in [7, 11) is 0. The van der Waals surface area contributed by atoms with E-state index in [1.165, 1.54) is 41.7 Å². The highest BCUT2D eigenvalue weighted by Crippen LogP contribution is 2.33. The summed E-state index contributed by atoms with van der Waals surface area (Å²) in [6, 6.07) is 7.10. The number of carbonyl (C=O) groups is 2. The van der Waals surface area contributed by atoms with Crippen LogP contribution in [0.3, 0.4) is 0 Å². The second kappa shape index (κ2) is 7.71. The molecule has 0 radical (unpaired) electrons. The zero-order valence-corrected chi connectivity index (χ0v) is 15.8. The molecular formula is C19H17FN2O4S. The van der Waals surface area contributed by atoms with Crippen LogP contribution in [-0.2, 0) is 4.74 Å². The number of halogens is 1. The number of ether oxygens (including phenoxy) is 1. The summed E-state index contributed by atoms with van der Waals surface area (Å²) in [5.74, 6) is -1.03. The highest BCUT2D eigenvalue weighted by Gasteiger charge is 2.23. The van der Waals surface area contributed by atoms with Crippen LogP contribution in [0.5, 0.6) is 0 Å². The lowest BCUT2D eigenvalue weighted by molar-refractivity contribution is 0.0527. The molecule has 0 saturated heterocycles. The summed E-state index contributed by atoms with van der Waals surface area (Å²) in [5.41, 5.74) is 1.75. The molecule has 2 aromatic heterocycles. The maximum Gasteiger partial charge on any atom is 0.341 e. The summed E-state index contributed by atoms with van der Waals surface area (Å²) >= 11 is 1.29. The third-order valence-electron chi connectivity index (χ3n) is 3.96. The predicted molar refractivity (Wildman–Crippen MR) is 99.6 cm³/mol. The first-order chi connectivity index (χ1) is 12.9. The van der Waals surface area contributed by atoms with E-state index in [4.69, 9.17) is 9.26 Å². The van der Waals surface area contributed by atoms with Crippen LogP contribution in [-0.4, -0.2) is 23.6 Å². The fourth-order valence-corrected chi connectivity index (χ4v) is 3.51. The molecule has 0 spiro atoms. The maximum atomic E-state index is 13.0. The van der Waals surface area contributed by atoms with Gasteiger partial charge >= 0.3 is 5.97 Å². The van der Waals surface area contributed by atoms with Gasteiger partial charge in [-0.3, -0.25) is 4.79 Å². The van der Waals surface area contributed by atoms with Crippen molar-refractivity contribution in [3.8, 4) is 11.3 Å². The summed E-state index contributed by atoms with van der Waals surface area (Å²) in [6.45, 7) is 5.62. The van der Waals surface area contributed by atoms with Crippen molar-refractivity contribution in [1.29, 1.82) is 0 Å². The molecule has 27 heavy (non-hydrogen) atoms. The van der Waals surface area contributed by atoms with Gasteiger partial charge in [-0.1, -0.05) is 5.16 Å². The molecule has 3 rings (SSSR count). The van der Waals surface area contributed by atoms with Crippen LogP contribution < -0.4 is 5.32 Å². The number of aromatic nitrogens is 1. The van der Waals surface area contributed by atoms with Gasteiger partial charge in [-0.2, -0.15) is 0 Å². The minimum atomic E-state index is -0.515. The number of amides is 1. The Kier molecular flexibility index (Phi) is 5.36. The maximum absolute atomic E-state index is 13.0. The van der Waals surface area contributed by atoms with Gasteiger partial charge in [0.2, 0.25) is 0 Å². The molecular weight excluding hydrogens is 371 g/mol. The summed E-state index contributed by atoms with van der Waals surface area (Å²) in [5, 5.41) is 6.86. The van der Waals surface area contributed by atoms with Gasteiger partial charge in [0.25, 0.3) is 5.91 Å². The standard InChI is InChI=1S/C19H17FN2O4S/c1-4-25-19(24)16-10(2)11(3)27-18(16)21-17(23)14-9-15(26-22-14)12-5-7-13(20)8-6-12/h5-9H,4H2,1-3H3,(H,21,23). The van der Waals surface area contributed by atoms with Gasteiger partial charge in [-0.15, -0.1) is 11.3 Å². The van der Waals surface area contributed by atoms with Crippen molar-refractivity contribution in [2.75, 3.05) is 11.9 Å². The van der Waals surface area contributed by atoms with Crippen molar-refractivity contribution in [2.24, 2.45) is 0 Å². The number of aryl methyl sites for hydroxylation is 1. The summed E-state index contributed by atoms with van der Waals surface area (Å²) < 4.78 is 23.3. The zero-order valence-electron chi connectivity index (χ0n) is 15.0. The van der Waals surface area contributed by atoms with Gasteiger partial charge in [-0.05, 0) is 50.6 Å². The van der Waals surface area contributed by atoms with Gasteiger partial charge in [0, 0.05) is 16.5 Å². The van der Waals surface area contributed by atoms with E-state index in [2.05, 4.69) is 10.5 Å². The Labute approximate surface area is 158 Å². The van der Waals surface area contributed by atoms with Gasteiger partial charge in [0.15, 0.2) is 11.5 Å². The number of esters is 1. The number of hydrogen-bond donors (Lipinski definition) is 1. The second-order valence-corrected chi connectivity index (χ2v) is 6.97. The van der Waals surface area contributed by atoms with Gasteiger partial charge in [0.1, 0.15) is 10.8 Å². The first-order valence-electron chi connectivity index (χ1n) is 8.21. The zero-order chi connectivity index (χ0) is 19.6. The minimum absolute atomic E-state index is 0.0489. The van der Waals surface area contributed by atoms with Crippen molar-refractivity contribution in [2.45, 2.75) is 20.8 Å². The van der Waals surface area contributed by atoms with Crippen LogP contribution in [0.2, 0.25) is 0 Å². The fourth-order valence-electron chi connectivity index (χ4n) is 2.46. The van der Waals surface area contributed by atoms with E-state index in [1.807, 2.05) is 6.92 Å². The second-order valence-electron chi connectivity index (χ2n) is 5.75. The third-order valence-corrected chi connectivity index (χ3v) is 5.09. The molecule has 1 N–H and O–H groups in total. The highest BCUT2D eigenvalue weighted by molar-refractivity contribution is 7.16. The molecule has 6 nitrogen and oxygen atoms in total. The Hall–Kier alpha value is -3.00. The molecule has 3 aromatic rings. The SMILES string of the molecule is CCOC(=O)c1c(NC(=O)c2cc(-c3ccc(F)cc3)on2)sc(C)c1C. The Morgan fingerprint density at radius 2 is 1.96 bits per heavy atom. The van der Waals surface area contributed by atoms with E-state index in [1.54, 1.807) is 13.8 Å². The van der Waals surface area contributed by atoms with Crippen molar-refractivity contribution in [3.63, 3.8) is 0 Å². The van der Waals surface area contributed by atoms with E-state index in [-0.39, 0.29) is 18.1 Å². The van der Waals surface area contributed by atoms with Crippen molar-refractivity contribution < 1.29 is 23.2 Å². The average Bonchev–Trinajstić information content (AvgIpc) is 3.22. The minimum Gasteiger partial charge on any atom is -0.462 e. The Morgan fingerprint density at radius 3 is 2.63 bits per heavy atom. The number of nitrogens with one attached hydrogen (secondary N) is 1. The molecule has 0 fully saturated rings. The number of hydrogen-bond acceptors (Lipinski definition) is 6. The first-order valence-corrected chi connectivity index (χ1v) is 9.03. The van der Waals surface area contributed by atoms with E-state index in [0.717, 1.165) is 10.4 Å². The molecule has 0 bridgehead atoms. The highest BCUT2D eigenvalue weighted by atomic mass is 32.1. The quantitative estimate of drug-likeness (QED) is 0.647. The largest absolute Gasteiger partial charge is 0.462 e. The van der Waals surface area contributed by atoms with Crippen molar-refractivity contribution in [3.05, 3.63) is 57.8 Å². The van der Waals surface area contributed by atoms with E-state index >= 15 is 0 Å². The normalized spacial score (nSPS) is 10.7. The molecule has 8 heteroatoms. The van der Waals surface area contributed by atoms with E-state index < -0.39 is 11.9 Å². The molecule has 0 unspecified atom stereocenters. The number of rotatable bonds is 5. The molecule has 0 aliphatic heterocycles. The first kappa shape index (κ1) is 18.8. The Balaban J connectivity index is 1.83. The van der Waals surface area contributed by atoms with Crippen LogP contribution in [0.15, 0.2) is 34.9 Å². The van der Waals surface area contributed by atoms with Gasteiger partial charge in [0.05, 0.1) is 12.2 Å². The predicted octanol–water partition coefficient (Wildman–Crippen LogP) is 4.59. The molecule has 1 aromatic carbocycles. The molecule has 0 aliphatic carbocycles. The van der Waals surface area contributed by atoms with Crippen molar-refractivity contribution >= 4 is 28.2 Å². The van der Waals surface area contributed by atoms with Crippen LogP contribution in [0.1, 0.15) is 38.2 Å². The number of anilines is 1. The molecule has 2 heterocycles. The molecule has 1 amide bonds. The van der Waals surface area contributed by atoms with Crippen LogP contribution in [0.25, 0.3) is 11.3 Å². The molecule has 0 atom stereocenters. The molecule has 0 saturated carbocycles. The smallest absolute Gasteiger partial charge is 0.341 e. The summed E-state index contributed by atoms with van der Waals surface area (Å²) in [4.78, 5) is 25.6. The van der Waals surface area contributed by atoms with Crippen LogP contribution >= 0.6 is 11.3 Å². The number of benzene rings is 1. The fraction of sp³-hybridized carbons (Fsp3) is 0.211. The number of thiophene rings is 1. The van der Waals surface area contributed by atoms with E-state index in [0.29, 0.717) is 21.9 Å². The molecule has 0 aliphatic rings. The number of nitrogens with zero attached hydrogens (tertiary/aromatic N) is 1. The van der Waals surface area contributed by atoms with E-state index in [9.17, 15) is 14.0 Å². The van der Waals surface area contributed by atoms with Gasteiger partial charge in [-0.25, -0.2) is 9.18 Å². The topological polar surface area (TPSA) is 81.4 Å². The Morgan fingerprint density at radius 1 is 1.26 bits per heavy atom. The summed E-state index contributed by atoms with van der Waals surface area (Å²) in [6.07, 6.45) is 0. The number of carbonyl (C=O) groups excluding carboxylic acids is 2. The van der Waals surface area contributed by atoms with Crippen LogP contribution in [0, 0.1) is 19.7 Å². The Bertz CT molecular complexity index is 992. The lowest BCUT2D eigenvalue weighted by atomic mass is 10.1. The molecule has 140 valence electrons. The van der Waals surface area contributed by atoms with Crippen molar-refractivity contribution in [1.82, 2.24) is 5.16 Å². The monoisotopic (exact) mass is 388 g/mol.